The van der Waals surface area contributed by atoms with Gasteiger partial charge in [-0.25, -0.2) is 4.99 Å². The van der Waals surface area contributed by atoms with Crippen LogP contribution < -0.4 is 5.73 Å². The Labute approximate surface area is 91.1 Å². The summed E-state index contributed by atoms with van der Waals surface area (Å²) < 4.78 is 0. The van der Waals surface area contributed by atoms with Crippen molar-refractivity contribution in [3.05, 3.63) is 0 Å². The third-order valence-corrected chi connectivity index (χ3v) is 3.30. The normalized spacial score (nSPS) is 25.3. The van der Waals surface area contributed by atoms with Crippen molar-refractivity contribution in [3.8, 4) is 0 Å². The predicted molar refractivity (Wildman–Crippen MR) is 64.9 cm³/mol. The zero-order valence-electron chi connectivity index (χ0n) is 9.58. The van der Waals surface area contributed by atoms with Crippen LogP contribution in [-0.4, -0.2) is 40.5 Å². The fraction of sp³-hybridized carbons (Fsp3) is 0.900. The topological polar surface area (TPSA) is 41.6 Å². The van der Waals surface area contributed by atoms with Crippen LogP contribution in [0.1, 0.15) is 27.7 Å². The molecule has 1 fully saturated rings. The second-order valence-electron chi connectivity index (χ2n) is 4.76. The summed E-state index contributed by atoms with van der Waals surface area (Å²) in [5.41, 5.74) is 5.92. The zero-order chi connectivity index (χ0) is 10.8. The maximum Gasteiger partial charge on any atom is 0.192 e. The third-order valence-electron chi connectivity index (χ3n) is 2.11. The second kappa shape index (κ2) is 4.43. The molecular weight excluding hydrogens is 194 g/mol. The van der Waals surface area contributed by atoms with E-state index in [2.05, 4.69) is 37.6 Å². The van der Waals surface area contributed by atoms with Crippen molar-refractivity contribution in [2.24, 2.45) is 10.7 Å². The van der Waals surface area contributed by atoms with E-state index in [9.17, 15) is 0 Å². The highest BCUT2D eigenvalue weighted by Gasteiger charge is 2.21. The van der Waals surface area contributed by atoms with Crippen molar-refractivity contribution >= 4 is 17.7 Å². The van der Waals surface area contributed by atoms with Gasteiger partial charge >= 0.3 is 0 Å². The van der Waals surface area contributed by atoms with Gasteiger partial charge in [0.2, 0.25) is 0 Å². The van der Waals surface area contributed by atoms with Crippen LogP contribution in [0.25, 0.3) is 0 Å². The molecule has 2 N–H and O–H groups in total. The Morgan fingerprint density at radius 3 is 2.64 bits per heavy atom. The standard InChI is InChI=1S/C10H21N3S/c1-8-7-14-6-5-13(8)9(11)12-10(2,3)4/h8H,5-7H2,1-4H3,(H2,11,12). The van der Waals surface area contributed by atoms with E-state index in [0.717, 1.165) is 18.1 Å². The molecule has 1 rings (SSSR count). The first-order valence-corrected chi connectivity index (χ1v) is 6.25. The first-order valence-electron chi connectivity index (χ1n) is 5.10. The molecule has 0 radical (unpaired) electrons. The summed E-state index contributed by atoms with van der Waals surface area (Å²) >= 11 is 1.99. The van der Waals surface area contributed by atoms with Gasteiger partial charge in [-0.2, -0.15) is 11.8 Å². The number of hydrogen-bond acceptors (Lipinski definition) is 2. The van der Waals surface area contributed by atoms with Crippen LogP contribution in [0.4, 0.5) is 0 Å². The molecule has 1 heterocycles. The smallest absolute Gasteiger partial charge is 0.192 e. The molecule has 3 nitrogen and oxygen atoms in total. The highest BCUT2D eigenvalue weighted by Crippen LogP contribution is 2.16. The summed E-state index contributed by atoms with van der Waals surface area (Å²) in [6.45, 7) is 9.45. The Bertz CT molecular complexity index is 220. The molecule has 1 atom stereocenters. The van der Waals surface area contributed by atoms with Gasteiger partial charge in [0, 0.05) is 24.1 Å². The lowest BCUT2D eigenvalue weighted by Gasteiger charge is -2.34. The lowest BCUT2D eigenvalue weighted by atomic mass is 10.1. The summed E-state index contributed by atoms with van der Waals surface area (Å²) in [6, 6.07) is 0.514. The molecule has 0 bridgehead atoms. The molecule has 0 spiro atoms. The van der Waals surface area contributed by atoms with E-state index < -0.39 is 0 Å². The van der Waals surface area contributed by atoms with Crippen LogP contribution >= 0.6 is 11.8 Å². The summed E-state index contributed by atoms with van der Waals surface area (Å²) in [7, 11) is 0. The minimum atomic E-state index is -0.0750. The van der Waals surface area contributed by atoms with Gasteiger partial charge in [-0.3, -0.25) is 0 Å². The van der Waals surface area contributed by atoms with Crippen molar-refractivity contribution in [1.82, 2.24) is 4.90 Å². The Morgan fingerprint density at radius 1 is 1.50 bits per heavy atom. The van der Waals surface area contributed by atoms with Crippen LogP contribution in [-0.2, 0) is 0 Å². The van der Waals surface area contributed by atoms with Crippen LogP contribution in [0.2, 0.25) is 0 Å². The van der Waals surface area contributed by atoms with Gasteiger partial charge in [0.25, 0.3) is 0 Å². The van der Waals surface area contributed by atoms with Crippen LogP contribution in [0.5, 0.6) is 0 Å². The minimum absolute atomic E-state index is 0.0750. The maximum atomic E-state index is 5.99. The Kier molecular flexibility index (Phi) is 3.70. The number of thioether (sulfide) groups is 1. The number of nitrogens with zero attached hydrogens (tertiary/aromatic N) is 2. The molecule has 0 saturated carbocycles. The summed E-state index contributed by atoms with van der Waals surface area (Å²) in [5.74, 6) is 3.01. The maximum absolute atomic E-state index is 5.99. The van der Waals surface area contributed by atoms with Crippen molar-refractivity contribution in [1.29, 1.82) is 0 Å². The second-order valence-corrected chi connectivity index (χ2v) is 5.91. The van der Waals surface area contributed by atoms with E-state index in [-0.39, 0.29) is 5.54 Å². The van der Waals surface area contributed by atoms with Crippen LogP contribution in [0.3, 0.4) is 0 Å². The van der Waals surface area contributed by atoms with Gasteiger partial charge in [0.15, 0.2) is 5.96 Å². The molecular formula is C10H21N3S. The molecule has 82 valence electrons. The molecule has 4 heteroatoms. The summed E-state index contributed by atoms with van der Waals surface area (Å²) in [6.07, 6.45) is 0. The first kappa shape index (κ1) is 11.7. The monoisotopic (exact) mass is 215 g/mol. The number of guanidine groups is 1. The van der Waals surface area contributed by atoms with E-state index in [0.29, 0.717) is 12.0 Å². The molecule has 0 aromatic heterocycles. The van der Waals surface area contributed by atoms with Crippen LogP contribution in [0.15, 0.2) is 4.99 Å². The van der Waals surface area contributed by atoms with E-state index in [1.54, 1.807) is 0 Å². The molecule has 1 saturated heterocycles. The van der Waals surface area contributed by atoms with Crippen molar-refractivity contribution < 1.29 is 0 Å². The van der Waals surface area contributed by atoms with E-state index in [1.165, 1.54) is 0 Å². The Balaban J connectivity index is 2.67. The SMILES string of the molecule is CC1CSCCN1C(N)=NC(C)(C)C. The van der Waals surface area contributed by atoms with E-state index >= 15 is 0 Å². The largest absolute Gasteiger partial charge is 0.370 e. The minimum Gasteiger partial charge on any atom is -0.370 e. The Hall–Kier alpha value is -0.380. The molecule has 0 amide bonds. The van der Waals surface area contributed by atoms with Gasteiger partial charge < -0.3 is 10.6 Å². The first-order chi connectivity index (χ1) is 6.40. The number of rotatable bonds is 0. The highest BCUT2D eigenvalue weighted by molar-refractivity contribution is 7.99. The Morgan fingerprint density at radius 2 is 2.14 bits per heavy atom. The van der Waals surface area contributed by atoms with Gasteiger partial charge in [-0.1, -0.05) is 0 Å². The fourth-order valence-corrected chi connectivity index (χ4v) is 2.49. The van der Waals surface area contributed by atoms with Crippen LogP contribution in [0, 0.1) is 0 Å². The summed E-state index contributed by atoms with van der Waals surface area (Å²) in [4.78, 5) is 6.70. The lowest BCUT2D eigenvalue weighted by Crippen LogP contribution is -2.49. The van der Waals surface area contributed by atoms with Gasteiger partial charge in [0.05, 0.1) is 5.54 Å². The van der Waals surface area contributed by atoms with Crippen molar-refractivity contribution in [2.45, 2.75) is 39.3 Å². The molecule has 0 aliphatic carbocycles. The van der Waals surface area contributed by atoms with Gasteiger partial charge in [-0.15, -0.1) is 0 Å². The fourth-order valence-electron chi connectivity index (χ4n) is 1.48. The van der Waals surface area contributed by atoms with Crippen molar-refractivity contribution in [3.63, 3.8) is 0 Å². The van der Waals surface area contributed by atoms with Crippen molar-refractivity contribution in [2.75, 3.05) is 18.1 Å². The lowest BCUT2D eigenvalue weighted by molar-refractivity contribution is 0.355. The third kappa shape index (κ3) is 3.40. The average molecular weight is 215 g/mol. The molecule has 1 unspecified atom stereocenters. The van der Waals surface area contributed by atoms with Gasteiger partial charge in [0.1, 0.15) is 0 Å². The molecule has 1 aliphatic heterocycles. The van der Waals surface area contributed by atoms with Gasteiger partial charge in [-0.05, 0) is 27.7 Å². The number of nitrogens with two attached hydrogens (primary N) is 1. The molecule has 0 aromatic rings. The van der Waals surface area contributed by atoms with E-state index in [4.69, 9.17) is 5.73 Å². The highest BCUT2D eigenvalue weighted by atomic mass is 32.2. The number of hydrogen-bond donors (Lipinski definition) is 1. The molecule has 1 aliphatic rings. The average Bonchev–Trinajstić information content (AvgIpc) is 2.01. The zero-order valence-corrected chi connectivity index (χ0v) is 10.4. The summed E-state index contributed by atoms with van der Waals surface area (Å²) in [5, 5.41) is 0. The number of aliphatic imine (C=N–C) groups is 1. The molecule has 14 heavy (non-hydrogen) atoms. The predicted octanol–water partition coefficient (Wildman–Crippen LogP) is 1.54. The van der Waals surface area contributed by atoms with E-state index in [1.807, 2.05) is 11.8 Å². The quantitative estimate of drug-likeness (QED) is 0.492. The molecule has 0 aromatic carbocycles.